The molecule has 1 aliphatic heterocycles. The summed E-state index contributed by atoms with van der Waals surface area (Å²) >= 11 is 0. The molecule has 0 atom stereocenters. The van der Waals surface area contributed by atoms with E-state index in [2.05, 4.69) is 66.1 Å². The molecule has 3 aromatic rings. The zero-order valence-electron chi connectivity index (χ0n) is 17.2. The van der Waals surface area contributed by atoms with Gasteiger partial charge in [0, 0.05) is 31.4 Å². The van der Waals surface area contributed by atoms with Crippen LogP contribution < -0.4 is 0 Å². The van der Waals surface area contributed by atoms with Crippen LogP contribution in [-0.4, -0.2) is 46.2 Å². The van der Waals surface area contributed by atoms with Crippen molar-refractivity contribution in [3.05, 3.63) is 47.8 Å². The van der Waals surface area contributed by atoms with Crippen LogP contribution in [0, 0.1) is 5.41 Å². The fourth-order valence-electron chi connectivity index (χ4n) is 3.63. The summed E-state index contributed by atoms with van der Waals surface area (Å²) in [6.07, 6.45) is 6.08. The van der Waals surface area contributed by atoms with Crippen molar-refractivity contribution >= 4 is 11.2 Å². The summed E-state index contributed by atoms with van der Waals surface area (Å²) in [6, 6.07) is 8.68. The van der Waals surface area contributed by atoms with Gasteiger partial charge in [0.05, 0.1) is 25.1 Å². The number of nitrogens with zero attached hydrogens (tertiary/aromatic N) is 3. The van der Waals surface area contributed by atoms with Gasteiger partial charge in [-0.25, -0.2) is 9.97 Å². The molecule has 1 saturated heterocycles. The highest BCUT2D eigenvalue weighted by Gasteiger charge is 2.15. The fraction of sp³-hybridized carbons (Fsp3) is 0.478. The van der Waals surface area contributed by atoms with E-state index in [1.165, 1.54) is 11.1 Å². The minimum Gasteiger partial charge on any atom is -0.379 e. The van der Waals surface area contributed by atoms with E-state index in [1.807, 2.05) is 6.20 Å². The van der Waals surface area contributed by atoms with Crippen molar-refractivity contribution < 1.29 is 4.74 Å². The van der Waals surface area contributed by atoms with Crippen molar-refractivity contribution in [3.63, 3.8) is 0 Å². The maximum atomic E-state index is 5.45. The first-order chi connectivity index (χ1) is 13.5. The standard InChI is InChI=1S/C23H30N4O/c1-23(2,3)8-7-19-14-24-22-21(19)26-20(15-25-22)18-6-4-5-17(13-18)16-27-9-11-28-12-10-27/h4-6,13-15H,7-12,16H2,1-3H3,(H,24,25). The van der Waals surface area contributed by atoms with E-state index in [0.29, 0.717) is 5.41 Å². The van der Waals surface area contributed by atoms with E-state index in [9.17, 15) is 0 Å². The first-order valence-corrected chi connectivity index (χ1v) is 10.2. The summed E-state index contributed by atoms with van der Waals surface area (Å²) < 4.78 is 5.45. The van der Waals surface area contributed by atoms with Gasteiger partial charge in [0.15, 0.2) is 5.65 Å². The maximum absolute atomic E-state index is 5.45. The van der Waals surface area contributed by atoms with Gasteiger partial charge in [-0.15, -0.1) is 0 Å². The average Bonchev–Trinajstić information content (AvgIpc) is 3.09. The molecule has 3 heterocycles. The number of benzene rings is 1. The summed E-state index contributed by atoms with van der Waals surface area (Å²) in [6.45, 7) is 11.4. The van der Waals surface area contributed by atoms with Crippen LogP contribution in [0.15, 0.2) is 36.7 Å². The third kappa shape index (κ3) is 4.59. The van der Waals surface area contributed by atoms with E-state index in [4.69, 9.17) is 9.72 Å². The van der Waals surface area contributed by atoms with Crippen LogP contribution in [-0.2, 0) is 17.7 Å². The number of hydrogen-bond donors (Lipinski definition) is 1. The SMILES string of the molecule is CC(C)(C)CCc1c[nH]c2ncc(-c3cccc(CN4CCOCC4)c3)nc12. The lowest BCUT2D eigenvalue weighted by Crippen LogP contribution is -2.35. The molecule has 0 spiro atoms. The van der Waals surface area contributed by atoms with Crippen molar-refractivity contribution in [3.8, 4) is 11.3 Å². The van der Waals surface area contributed by atoms with Crippen LogP contribution in [0.5, 0.6) is 0 Å². The van der Waals surface area contributed by atoms with Gasteiger partial charge in [-0.3, -0.25) is 4.90 Å². The Labute approximate surface area is 167 Å². The Morgan fingerprint density at radius 2 is 2.00 bits per heavy atom. The molecular formula is C23H30N4O. The number of aryl methyl sites for hydroxylation is 1. The molecule has 5 nitrogen and oxygen atoms in total. The Bertz CT molecular complexity index is 935. The normalized spacial score (nSPS) is 16.0. The highest BCUT2D eigenvalue weighted by molar-refractivity contribution is 5.78. The number of rotatable bonds is 5. The van der Waals surface area contributed by atoms with Crippen molar-refractivity contribution in [1.29, 1.82) is 0 Å². The van der Waals surface area contributed by atoms with Gasteiger partial charge in [0.1, 0.15) is 5.52 Å². The van der Waals surface area contributed by atoms with Crippen LogP contribution >= 0.6 is 0 Å². The molecule has 1 aromatic carbocycles. The highest BCUT2D eigenvalue weighted by atomic mass is 16.5. The van der Waals surface area contributed by atoms with Crippen LogP contribution in [0.1, 0.15) is 38.3 Å². The molecule has 148 valence electrons. The molecule has 5 heteroatoms. The predicted octanol–water partition coefficient (Wildman–Crippen LogP) is 4.44. The summed E-state index contributed by atoms with van der Waals surface area (Å²) in [5.41, 5.74) is 6.81. The average molecular weight is 379 g/mol. The first kappa shape index (κ1) is 19.1. The van der Waals surface area contributed by atoms with Crippen molar-refractivity contribution in [2.24, 2.45) is 5.41 Å². The third-order valence-electron chi connectivity index (χ3n) is 5.34. The smallest absolute Gasteiger partial charge is 0.156 e. The van der Waals surface area contributed by atoms with Crippen molar-refractivity contribution in [2.75, 3.05) is 26.3 Å². The van der Waals surface area contributed by atoms with Gasteiger partial charge in [-0.2, -0.15) is 0 Å². The molecule has 28 heavy (non-hydrogen) atoms. The molecule has 1 N–H and O–H groups in total. The van der Waals surface area contributed by atoms with Gasteiger partial charge in [-0.05, 0) is 35.4 Å². The molecular weight excluding hydrogens is 348 g/mol. The van der Waals surface area contributed by atoms with Gasteiger partial charge in [0.25, 0.3) is 0 Å². The number of hydrogen-bond acceptors (Lipinski definition) is 4. The third-order valence-corrected chi connectivity index (χ3v) is 5.34. The fourth-order valence-corrected chi connectivity index (χ4v) is 3.63. The quantitative estimate of drug-likeness (QED) is 0.713. The monoisotopic (exact) mass is 378 g/mol. The number of H-pyrrole nitrogens is 1. The number of ether oxygens (including phenoxy) is 1. The number of aromatic amines is 1. The van der Waals surface area contributed by atoms with Gasteiger partial charge in [0.2, 0.25) is 0 Å². The van der Waals surface area contributed by atoms with Crippen molar-refractivity contribution in [2.45, 2.75) is 40.2 Å². The summed E-state index contributed by atoms with van der Waals surface area (Å²) in [7, 11) is 0. The van der Waals surface area contributed by atoms with Crippen molar-refractivity contribution in [1.82, 2.24) is 19.9 Å². The topological polar surface area (TPSA) is 54.0 Å². The zero-order valence-corrected chi connectivity index (χ0v) is 17.2. The van der Waals surface area contributed by atoms with Crippen LogP contribution in [0.3, 0.4) is 0 Å². The van der Waals surface area contributed by atoms with E-state index in [1.54, 1.807) is 0 Å². The molecule has 0 saturated carbocycles. The first-order valence-electron chi connectivity index (χ1n) is 10.2. The summed E-state index contributed by atoms with van der Waals surface area (Å²) in [5, 5.41) is 0. The van der Waals surface area contributed by atoms with Gasteiger partial charge in [-0.1, -0.05) is 39.0 Å². The molecule has 0 aliphatic carbocycles. The summed E-state index contributed by atoms with van der Waals surface area (Å²) in [5.74, 6) is 0. The van der Waals surface area contributed by atoms with Gasteiger partial charge >= 0.3 is 0 Å². The Kier molecular flexibility index (Phi) is 5.47. The molecule has 0 radical (unpaired) electrons. The molecule has 0 bridgehead atoms. The minimum absolute atomic E-state index is 0.308. The minimum atomic E-state index is 0.308. The number of aromatic nitrogens is 3. The van der Waals surface area contributed by atoms with Crippen LogP contribution in [0.2, 0.25) is 0 Å². The number of nitrogens with one attached hydrogen (secondary N) is 1. The molecule has 1 aliphatic rings. The predicted molar refractivity (Wildman–Crippen MR) is 113 cm³/mol. The van der Waals surface area contributed by atoms with E-state index >= 15 is 0 Å². The molecule has 2 aromatic heterocycles. The Morgan fingerprint density at radius 3 is 2.79 bits per heavy atom. The number of morpholine rings is 1. The Morgan fingerprint density at radius 1 is 1.18 bits per heavy atom. The summed E-state index contributed by atoms with van der Waals surface area (Å²) in [4.78, 5) is 15.3. The van der Waals surface area contributed by atoms with Gasteiger partial charge < -0.3 is 9.72 Å². The molecule has 0 unspecified atom stereocenters. The Hall–Kier alpha value is -2.24. The lowest BCUT2D eigenvalue weighted by Gasteiger charge is -2.26. The largest absolute Gasteiger partial charge is 0.379 e. The molecule has 0 amide bonds. The number of fused-ring (bicyclic) bond motifs is 1. The van der Waals surface area contributed by atoms with E-state index in [-0.39, 0.29) is 0 Å². The second-order valence-corrected chi connectivity index (χ2v) is 8.92. The lowest BCUT2D eigenvalue weighted by atomic mass is 9.89. The highest BCUT2D eigenvalue weighted by Crippen LogP contribution is 2.26. The van der Waals surface area contributed by atoms with E-state index in [0.717, 1.165) is 68.1 Å². The Balaban J connectivity index is 1.57. The van der Waals surface area contributed by atoms with Crippen LogP contribution in [0.4, 0.5) is 0 Å². The second-order valence-electron chi connectivity index (χ2n) is 8.92. The maximum Gasteiger partial charge on any atom is 0.156 e. The molecule has 1 fully saturated rings. The second kappa shape index (κ2) is 8.02. The molecule has 4 rings (SSSR count). The van der Waals surface area contributed by atoms with Crippen LogP contribution in [0.25, 0.3) is 22.4 Å². The zero-order chi connectivity index (χ0) is 19.6. The lowest BCUT2D eigenvalue weighted by molar-refractivity contribution is 0.0342. The van der Waals surface area contributed by atoms with E-state index < -0.39 is 0 Å².